The summed E-state index contributed by atoms with van der Waals surface area (Å²) in [5.74, 6) is 1.87. The summed E-state index contributed by atoms with van der Waals surface area (Å²) in [6, 6.07) is 17.6. The quantitative estimate of drug-likeness (QED) is 0.147. The molecule has 13 nitrogen and oxygen atoms in total. The molecule has 0 spiro atoms. The second-order valence-electron chi connectivity index (χ2n) is 18.7. The van der Waals surface area contributed by atoms with Crippen LogP contribution >= 0.6 is 0 Å². The van der Waals surface area contributed by atoms with E-state index >= 15 is 4.39 Å². The van der Waals surface area contributed by atoms with Crippen LogP contribution in [0.1, 0.15) is 96.8 Å². The van der Waals surface area contributed by atoms with Crippen molar-refractivity contribution in [3.8, 4) is 11.8 Å². The van der Waals surface area contributed by atoms with Crippen LogP contribution in [0, 0.1) is 11.8 Å². The van der Waals surface area contributed by atoms with E-state index in [9.17, 15) is 4.79 Å². The molecule has 12 rings (SSSR count). The molecule has 3 N–H and O–H groups in total. The lowest BCUT2D eigenvalue weighted by Crippen LogP contribution is -2.45. The molecule has 5 unspecified atom stereocenters. The Hall–Kier alpha value is -5.44. The zero-order chi connectivity index (χ0) is 41.6. The zero-order valence-electron chi connectivity index (χ0n) is 35.3. The summed E-state index contributed by atoms with van der Waals surface area (Å²) in [4.78, 5) is 35.2. The van der Waals surface area contributed by atoms with Crippen molar-refractivity contribution in [3.05, 3.63) is 111 Å². The van der Waals surface area contributed by atoms with E-state index in [0.717, 1.165) is 108 Å². The number of fused-ring (bicyclic) bond motifs is 6. The lowest BCUT2D eigenvalue weighted by atomic mass is 9.65. The van der Waals surface area contributed by atoms with Gasteiger partial charge < -0.3 is 19.7 Å². The summed E-state index contributed by atoms with van der Waals surface area (Å²) < 4.78 is 33.8. The highest BCUT2D eigenvalue weighted by Gasteiger charge is 2.49. The molecule has 2 saturated carbocycles. The molecule has 0 amide bonds. The van der Waals surface area contributed by atoms with Gasteiger partial charge in [0.15, 0.2) is 5.65 Å². The Bertz CT molecular complexity index is 2750. The number of hydrogen-bond donors (Lipinski definition) is 3. The van der Waals surface area contributed by atoms with Gasteiger partial charge in [-0.2, -0.15) is 9.97 Å². The molecule has 3 aliphatic heterocycles. The Morgan fingerprint density at radius 1 is 0.984 bits per heavy atom. The number of aromatic nitrogens is 6. The molecule has 14 heteroatoms. The van der Waals surface area contributed by atoms with Crippen molar-refractivity contribution in [2.24, 2.45) is 18.9 Å². The number of benzene rings is 2. The van der Waals surface area contributed by atoms with Crippen molar-refractivity contribution in [1.29, 1.82) is 0 Å². The molecule has 3 saturated heterocycles. The first kappa shape index (κ1) is 38.3. The predicted octanol–water partition coefficient (Wildman–Crippen LogP) is 6.14. The topological polar surface area (TPSA) is 136 Å². The Morgan fingerprint density at radius 2 is 1.85 bits per heavy atom. The number of nitrogens with zero attached hydrogens (tertiary/aromatic N) is 7. The predicted molar refractivity (Wildman–Crippen MR) is 234 cm³/mol. The van der Waals surface area contributed by atoms with Crippen LogP contribution in [0.2, 0.25) is 0 Å². The lowest BCUT2D eigenvalue weighted by Gasteiger charge is -2.41. The Morgan fingerprint density at radius 3 is 2.68 bits per heavy atom. The second-order valence-corrected chi connectivity index (χ2v) is 18.7. The van der Waals surface area contributed by atoms with E-state index in [1.54, 1.807) is 22.4 Å². The molecule has 0 radical (unpaired) electrons. The number of piperazine rings is 1. The van der Waals surface area contributed by atoms with Gasteiger partial charge in [0.2, 0.25) is 0 Å². The smallest absolute Gasteiger partial charge is 0.330 e. The Kier molecular flexibility index (Phi) is 9.33. The molecular formula is C48H53FN10O3. The number of ether oxygens (including phenoxy) is 2. The number of nitrogens with one attached hydrogen (secondary N) is 3. The van der Waals surface area contributed by atoms with Gasteiger partial charge in [0.25, 0.3) is 0 Å². The highest BCUT2D eigenvalue weighted by Crippen LogP contribution is 2.55. The zero-order valence-corrected chi connectivity index (χ0v) is 35.3. The molecule has 2 aromatic carbocycles. The number of alkyl halides is 1. The van der Waals surface area contributed by atoms with Crippen LogP contribution in [0.25, 0.3) is 22.1 Å². The maximum Gasteiger partial charge on any atom is 0.330 e. The van der Waals surface area contributed by atoms with Gasteiger partial charge in [0.05, 0.1) is 12.1 Å². The molecule has 320 valence electrons. The summed E-state index contributed by atoms with van der Waals surface area (Å²) in [5, 5.41) is 4.66. The normalized spacial score (nSPS) is 27.8. The van der Waals surface area contributed by atoms with Gasteiger partial charge in [0.1, 0.15) is 36.0 Å². The maximum absolute atomic E-state index is 16.3. The molecule has 4 aromatic heterocycles. The molecule has 2 bridgehead atoms. The summed E-state index contributed by atoms with van der Waals surface area (Å²) in [7, 11) is 1.76. The van der Waals surface area contributed by atoms with Gasteiger partial charge >= 0.3 is 11.7 Å². The van der Waals surface area contributed by atoms with E-state index in [1.807, 2.05) is 24.5 Å². The number of hydrazine groups is 1. The maximum atomic E-state index is 16.3. The van der Waals surface area contributed by atoms with Crippen LogP contribution in [-0.4, -0.2) is 73.0 Å². The van der Waals surface area contributed by atoms with Crippen LogP contribution in [-0.2, 0) is 26.6 Å². The molecule has 6 aliphatic rings. The standard InChI is InChI=1S/C48H53FN10O3/c1-26-37(49)19-38-36(22-53-56-38)41(26)42-34(29-12-13-29)18-35-43(44(42)61-25-28-10-8-27(9-11-28)23-59-39-6-4-15-51-46(39)57(2)48(59)60)54-47(55-45(35)58-24-31-17-32(58)21-52-31)62-40-7-3-5-30-20-50-16-14-33(30)40/h4,6,8-11,14-16,18,20,26,29,31-32,36-38,40-41,52-53,56H,3,5,7,12-13,17,19,21-25H2,1-2H3/t26?,31-,32-,36?,37?,38?,40+,41?/m0/s1. The lowest BCUT2D eigenvalue weighted by molar-refractivity contribution is 0.102. The second kappa shape index (κ2) is 15.1. The number of pyridine rings is 2. The summed E-state index contributed by atoms with van der Waals surface area (Å²) in [6.07, 6.45) is 10.9. The van der Waals surface area contributed by atoms with Crippen LogP contribution in [0.3, 0.4) is 0 Å². The monoisotopic (exact) mass is 836 g/mol. The fourth-order valence-corrected chi connectivity index (χ4v) is 11.6. The highest BCUT2D eigenvalue weighted by molar-refractivity contribution is 5.96. The van der Waals surface area contributed by atoms with E-state index in [0.29, 0.717) is 42.6 Å². The van der Waals surface area contributed by atoms with Gasteiger partial charge in [0, 0.05) is 74.3 Å². The Labute approximate surface area is 359 Å². The van der Waals surface area contributed by atoms with Crippen molar-refractivity contribution in [1.82, 2.24) is 45.2 Å². The van der Waals surface area contributed by atoms with E-state index in [2.05, 4.69) is 74.4 Å². The molecule has 3 aliphatic carbocycles. The van der Waals surface area contributed by atoms with Crippen molar-refractivity contribution in [2.75, 3.05) is 24.5 Å². The molecule has 5 fully saturated rings. The molecule has 6 aromatic rings. The molecule has 62 heavy (non-hydrogen) atoms. The number of aryl methyl sites for hydroxylation is 2. The molecule has 7 heterocycles. The van der Waals surface area contributed by atoms with Crippen molar-refractivity contribution >= 4 is 27.9 Å². The third kappa shape index (κ3) is 6.47. The van der Waals surface area contributed by atoms with Crippen LogP contribution in [0.15, 0.2) is 71.9 Å². The van der Waals surface area contributed by atoms with Gasteiger partial charge in [-0.15, -0.1) is 0 Å². The molecule has 8 atom stereocenters. The highest BCUT2D eigenvalue weighted by atomic mass is 19.1. The number of hydrogen-bond acceptors (Lipinski definition) is 11. The minimum Gasteiger partial charge on any atom is -0.486 e. The number of halogens is 1. The number of imidazole rings is 1. The summed E-state index contributed by atoms with van der Waals surface area (Å²) in [5.41, 5.74) is 15.6. The van der Waals surface area contributed by atoms with Gasteiger partial charge in [-0.25, -0.2) is 14.2 Å². The van der Waals surface area contributed by atoms with Crippen LogP contribution < -0.4 is 36.2 Å². The number of anilines is 1. The SMILES string of the molecule is CC1C(F)CC2NNCC2C1c1c(C2CC2)cc2c(N3C[C@@H]4C[C@H]3CN4)nc(O[C@@H]3CCCc4cnccc43)nc2c1OCc1ccc(Cn2c(=O)n(C)c3ncccc32)cc1. The average Bonchev–Trinajstić information content (AvgIpc) is 3.54. The van der Waals surface area contributed by atoms with Crippen LogP contribution in [0.5, 0.6) is 11.8 Å². The third-order valence-electron chi connectivity index (χ3n) is 15.0. The number of rotatable bonds is 10. The van der Waals surface area contributed by atoms with Crippen molar-refractivity contribution < 1.29 is 13.9 Å². The fraction of sp³-hybridized carbons (Fsp3) is 0.479. The fourth-order valence-electron chi connectivity index (χ4n) is 11.6. The Balaban J connectivity index is 0.985. The minimum absolute atomic E-state index is 0.0210. The third-order valence-corrected chi connectivity index (χ3v) is 15.0. The van der Waals surface area contributed by atoms with Crippen LogP contribution in [0.4, 0.5) is 10.2 Å². The molecular weight excluding hydrogens is 784 g/mol. The van der Waals surface area contributed by atoms with Crippen molar-refractivity contribution in [2.45, 2.75) is 107 Å². The van der Waals surface area contributed by atoms with Gasteiger partial charge in [-0.1, -0.05) is 31.2 Å². The van der Waals surface area contributed by atoms with Gasteiger partial charge in [-0.05, 0) is 121 Å². The van der Waals surface area contributed by atoms with E-state index < -0.39 is 6.17 Å². The summed E-state index contributed by atoms with van der Waals surface area (Å²) >= 11 is 0. The first-order valence-corrected chi connectivity index (χ1v) is 22.7. The van der Waals surface area contributed by atoms with Crippen molar-refractivity contribution in [3.63, 3.8) is 0 Å². The van der Waals surface area contributed by atoms with E-state index in [4.69, 9.17) is 19.4 Å². The van der Waals surface area contributed by atoms with Gasteiger partial charge in [-0.3, -0.25) is 25.0 Å². The summed E-state index contributed by atoms with van der Waals surface area (Å²) in [6.45, 7) is 5.34. The first-order valence-electron chi connectivity index (χ1n) is 22.7. The van der Waals surface area contributed by atoms with E-state index in [1.165, 1.54) is 11.1 Å². The van der Waals surface area contributed by atoms with E-state index in [-0.39, 0.29) is 42.2 Å². The average molecular weight is 837 g/mol. The first-order chi connectivity index (χ1) is 30.4. The largest absolute Gasteiger partial charge is 0.486 e. The minimum atomic E-state index is -0.963.